The van der Waals surface area contributed by atoms with Crippen LogP contribution in [0.1, 0.15) is 18.4 Å². The summed E-state index contributed by atoms with van der Waals surface area (Å²) in [5, 5.41) is 0. The Morgan fingerprint density at radius 3 is 2.88 bits per heavy atom. The van der Waals surface area contributed by atoms with Gasteiger partial charge in [0.15, 0.2) is 11.5 Å². The Morgan fingerprint density at radius 1 is 1.36 bits per heavy atom. The first kappa shape index (κ1) is 17.8. The maximum absolute atomic E-state index is 12.5. The van der Waals surface area contributed by atoms with Gasteiger partial charge in [-0.2, -0.15) is 0 Å². The fourth-order valence-electron chi connectivity index (χ4n) is 2.48. The molecule has 6 nitrogen and oxygen atoms in total. The summed E-state index contributed by atoms with van der Waals surface area (Å²) in [6, 6.07) is 5.55. The molecule has 2 aliphatic rings. The number of hydrogen-bond acceptors (Lipinski definition) is 7. The number of hydrogen-bond donors (Lipinski definition) is 0. The fourth-order valence-corrected chi connectivity index (χ4v) is 3.79. The van der Waals surface area contributed by atoms with E-state index in [9.17, 15) is 9.59 Å². The highest BCUT2D eigenvalue weighted by Crippen LogP contribution is 2.35. The lowest BCUT2D eigenvalue weighted by molar-refractivity contribution is -0.141. The maximum atomic E-state index is 12.5. The molecule has 0 aromatic heterocycles. The molecule has 8 heteroatoms. The Bertz CT molecular complexity index is 747. The second kappa shape index (κ2) is 7.88. The first-order chi connectivity index (χ1) is 12.1. The highest BCUT2D eigenvalue weighted by Gasteiger charge is 2.31. The Morgan fingerprint density at radius 2 is 2.12 bits per heavy atom. The molecule has 1 fully saturated rings. The SMILES string of the molecule is COC(=O)CCCN1C(=O)/C(=C\c2ccc3c(c2)OCCO3)SC1=S. The summed E-state index contributed by atoms with van der Waals surface area (Å²) in [4.78, 5) is 25.8. The van der Waals surface area contributed by atoms with Crippen LogP contribution in [0.4, 0.5) is 0 Å². The van der Waals surface area contributed by atoms with Crippen molar-refractivity contribution >= 4 is 46.3 Å². The Kier molecular flexibility index (Phi) is 5.60. The van der Waals surface area contributed by atoms with E-state index in [4.69, 9.17) is 21.7 Å². The number of thiocarbonyl (C=S) groups is 1. The van der Waals surface area contributed by atoms with Crippen molar-refractivity contribution in [2.45, 2.75) is 12.8 Å². The molecule has 3 rings (SSSR count). The molecule has 2 heterocycles. The predicted octanol–water partition coefficient (Wildman–Crippen LogP) is 2.61. The maximum Gasteiger partial charge on any atom is 0.305 e. The molecular formula is C17H17NO5S2. The smallest absolute Gasteiger partial charge is 0.305 e. The van der Waals surface area contributed by atoms with Crippen molar-refractivity contribution in [3.05, 3.63) is 28.7 Å². The molecule has 2 aliphatic heterocycles. The molecule has 0 unspecified atom stereocenters. The second-order valence-electron chi connectivity index (χ2n) is 5.42. The largest absolute Gasteiger partial charge is 0.486 e. The van der Waals surface area contributed by atoms with Crippen molar-refractivity contribution in [3.63, 3.8) is 0 Å². The van der Waals surface area contributed by atoms with Gasteiger partial charge < -0.3 is 14.2 Å². The zero-order valence-corrected chi connectivity index (χ0v) is 15.3. The summed E-state index contributed by atoms with van der Waals surface area (Å²) in [5.41, 5.74) is 0.847. The van der Waals surface area contributed by atoms with Crippen LogP contribution in [-0.4, -0.2) is 48.0 Å². The summed E-state index contributed by atoms with van der Waals surface area (Å²) < 4.78 is 16.1. The third kappa shape index (κ3) is 4.13. The summed E-state index contributed by atoms with van der Waals surface area (Å²) in [6.07, 6.45) is 2.56. The standard InChI is InChI=1S/C17H17NO5S2/c1-21-15(19)3-2-6-18-16(20)14(25-17(18)24)10-11-4-5-12-13(9-11)23-8-7-22-12/h4-5,9-10H,2-3,6-8H2,1H3/b14-10+. The van der Waals surface area contributed by atoms with E-state index in [0.717, 1.165) is 5.56 Å². The highest BCUT2D eigenvalue weighted by atomic mass is 32.2. The molecule has 0 aliphatic carbocycles. The van der Waals surface area contributed by atoms with E-state index in [1.807, 2.05) is 18.2 Å². The van der Waals surface area contributed by atoms with Gasteiger partial charge in [0.05, 0.1) is 12.0 Å². The molecule has 132 valence electrons. The predicted molar refractivity (Wildman–Crippen MR) is 98.6 cm³/mol. The van der Waals surface area contributed by atoms with Crippen molar-refractivity contribution in [1.82, 2.24) is 4.90 Å². The third-order valence-corrected chi connectivity index (χ3v) is 5.11. The molecular weight excluding hydrogens is 362 g/mol. The number of nitrogens with zero attached hydrogens (tertiary/aromatic N) is 1. The van der Waals surface area contributed by atoms with Crippen molar-refractivity contribution < 1.29 is 23.8 Å². The van der Waals surface area contributed by atoms with Crippen LogP contribution < -0.4 is 9.47 Å². The van der Waals surface area contributed by atoms with Crippen LogP contribution in [0.25, 0.3) is 6.08 Å². The Hall–Kier alpha value is -2.06. The average molecular weight is 379 g/mol. The van der Waals surface area contributed by atoms with Gasteiger partial charge in [-0.15, -0.1) is 0 Å². The van der Waals surface area contributed by atoms with E-state index in [-0.39, 0.29) is 18.3 Å². The topological polar surface area (TPSA) is 65.1 Å². The molecule has 0 atom stereocenters. The number of thioether (sulfide) groups is 1. The molecule has 1 aromatic rings. The molecule has 25 heavy (non-hydrogen) atoms. The van der Waals surface area contributed by atoms with E-state index >= 15 is 0 Å². The lowest BCUT2D eigenvalue weighted by Crippen LogP contribution is -2.29. The molecule has 1 saturated heterocycles. The molecule has 1 aromatic carbocycles. The van der Waals surface area contributed by atoms with Gasteiger partial charge in [0.1, 0.15) is 17.5 Å². The minimum absolute atomic E-state index is 0.144. The van der Waals surface area contributed by atoms with Crippen LogP contribution in [0.5, 0.6) is 11.5 Å². The molecule has 0 bridgehead atoms. The molecule has 0 N–H and O–H groups in total. The van der Waals surface area contributed by atoms with Gasteiger partial charge >= 0.3 is 5.97 Å². The summed E-state index contributed by atoms with van der Waals surface area (Å²) in [7, 11) is 1.35. The van der Waals surface area contributed by atoms with Gasteiger partial charge in [0, 0.05) is 13.0 Å². The normalized spacial score (nSPS) is 18.0. The van der Waals surface area contributed by atoms with Crippen molar-refractivity contribution in [1.29, 1.82) is 0 Å². The zero-order valence-electron chi connectivity index (χ0n) is 13.6. The van der Waals surface area contributed by atoms with Gasteiger partial charge in [-0.1, -0.05) is 30.0 Å². The van der Waals surface area contributed by atoms with E-state index in [2.05, 4.69) is 4.74 Å². The molecule has 1 amide bonds. The Labute approximate surface area is 155 Å². The number of benzene rings is 1. The lowest BCUT2D eigenvalue weighted by atomic mass is 10.1. The first-order valence-electron chi connectivity index (χ1n) is 7.80. The molecule has 0 radical (unpaired) electrons. The second-order valence-corrected chi connectivity index (χ2v) is 7.09. The number of carbonyl (C=O) groups excluding carboxylic acids is 2. The molecule has 0 saturated carbocycles. The van der Waals surface area contributed by atoms with Gasteiger partial charge in [-0.25, -0.2) is 0 Å². The first-order valence-corrected chi connectivity index (χ1v) is 9.03. The summed E-state index contributed by atoms with van der Waals surface area (Å²) in [5.74, 6) is 0.944. The van der Waals surface area contributed by atoms with Crippen LogP contribution >= 0.6 is 24.0 Å². The minimum atomic E-state index is -0.294. The summed E-state index contributed by atoms with van der Waals surface area (Å²) >= 11 is 6.54. The third-order valence-electron chi connectivity index (χ3n) is 3.73. The number of esters is 1. The van der Waals surface area contributed by atoms with Gasteiger partial charge in [-0.05, 0) is 30.2 Å². The van der Waals surface area contributed by atoms with E-state index in [1.165, 1.54) is 23.8 Å². The quantitative estimate of drug-likeness (QED) is 0.443. The fraction of sp³-hybridized carbons (Fsp3) is 0.353. The van der Waals surface area contributed by atoms with Crippen LogP contribution in [0, 0.1) is 0 Å². The lowest BCUT2D eigenvalue weighted by Gasteiger charge is -2.18. The van der Waals surface area contributed by atoms with E-state index < -0.39 is 0 Å². The van der Waals surface area contributed by atoms with E-state index in [1.54, 1.807) is 6.08 Å². The van der Waals surface area contributed by atoms with Gasteiger partial charge in [0.2, 0.25) is 0 Å². The highest BCUT2D eigenvalue weighted by molar-refractivity contribution is 8.26. The number of carbonyl (C=O) groups is 2. The number of amides is 1. The van der Waals surface area contributed by atoms with Crippen LogP contribution in [0.2, 0.25) is 0 Å². The zero-order chi connectivity index (χ0) is 17.8. The number of methoxy groups -OCH3 is 1. The van der Waals surface area contributed by atoms with Crippen molar-refractivity contribution in [2.24, 2.45) is 0 Å². The van der Waals surface area contributed by atoms with Gasteiger partial charge in [0.25, 0.3) is 5.91 Å². The van der Waals surface area contributed by atoms with Crippen LogP contribution in [0.3, 0.4) is 0 Å². The summed E-state index contributed by atoms with van der Waals surface area (Å²) in [6.45, 7) is 1.45. The molecule has 0 spiro atoms. The monoisotopic (exact) mass is 379 g/mol. The van der Waals surface area contributed by atoms with Crippen molar-refractivity contribution in [2.75, 3.05) is 26.9 Å². The van der Waals surface area contributed by atoms with Crippen LogP contribution in [0.15, 0.2) is 23.1 Å². The van der Waals surface area contributed by atoms with Crippen molar-refractivity contribution in [3.8, 4) is 11.5 Å². The van der Waals surface area contributed by atoms with Crippen LogP contribution in [-0.2, 0) is 14.3 Å². The average Bonchev–Trinajstić information content (AvgIpc) is 2.88. The number of rotatable bonds is 5. The Balaban J connectivity index is 1.68. The van der Waals surface area contributed by atoms with Gasteiger partial charge in [-0.3, -0.25) is 14.5 Å². The number of fused-ring (bicyclic) bond motifs is 1. The van der Waals surface area contributed by atoms with E-state index in [0.29, 0.717) is 46.9 Å². The number of ether oxygens (including phenoxy) is 3. The minimum Gasteiger partial charge on any atom is -0.486 e.